The lowest BCUT2D eigenvalue weighted by molar-refractivity contribution is -0.901. The molecule has 8 heteroatoms. The number of piperidine rings is 1. The van der Waals surface area contributed by atoms with E-state index in [1.54, 1.807) is 14.2 Å². The SMILES string of the molecule is COc1ccc(CC(=O)N2CC[C@@H](CC(=O)[O-])[C@@H](CC[NH+]3CCN(c4ccccc4OC)CC3)C2)cc1. The molecule has 0 bridgehead atoms. The first-order valence-corrected chi connectivity index (χ1v) is 13.3. The third kappa shape index (κ3) is 7.16. The Kier molecular flexibility index (Phi) is 9.28. The fourth-order valence-electron chi connectivity index (χ4n) is 5.74. The molecule has 2 aromatic rings. The van der Waals surface area contributed by atoms with Gasteiger partial charge in [-0.2, -0.15) is 0 Å². The first-order valence-electron chi connectivity index (χ1n) is 13.3. The summed E-state index contributed by atoms with van der Waals surface area (Å²) in [7, 11) is 3.33. The molecule has 37 heavy (non-hydrogen) atoms. The second-order valence-corrected chi connectivity index (χ2v) is 10.2. The number of carbonyl (C=O) groups is 2. The Bertz CT molecular complexity index is 1040. The number of carboxylic acids is 1. The minimum atomic E-state index is -0.995. The van der Waals surface area contributed by atoms with Crippen molar-refractivity contribution in [3.05, 3.63) is 54.1 Å². The molecule has 2 saturated heterocycles. The second kappa shape index (κ2) is 12.8. The quantitative estimate of drug-likeness (QED) is 0.506. The maximum atomic E-state index is 13.1. The zero-order valence-electron chi connectivity index (χ0n) is 22.0. The van der Waals surface area contributed by atoms with Crippen LogP contribution in [0, 0.1) is 11.8 Å². The Morgan fingerprint density at radius 1 is 0.973 bits per heavy atom. The van der Waals surface area contributed by atoms with Crippen LogP contribution in [0.2, 0.25) is 0 Å². The van der Waals surface area contributed by atoms with Crippen molar-refractivity contribution in [2.45, 2.75) is 25.7 Å². The number of nitrogens with one attached hydrogen (secondary N) is 1. The number of ether oxygens (including phenoxy) is 2. The van der Waals surface area contributed by atoms with Gasteiger partial charge in [0.25, 0.3) is 0 Å². The molecule has 0 spiro atoms. The molecule has 0 aromatic heterocycles. The molecule has 2 heterocycles. The summed E-state index contributed by atoms with van der Waals surface area (Å²) in [5.41, 5.74) is 2.09. The van der Waals surface area contributed by atoms with E-state index in [9.17, 15) is 14.7 Å². The summed E-state index contributed by atoms with van der Waals surface area (Å²) in [6.45, 7) is 6.16. The molecule has 0 unspecified atom stereocenters. The Labute approximate surface area is 219 Å². The van der Waals surface area contributed by atoms with Gasteiger partial charge in [0.15, 0.2) is 0 Å². The molecular formula is C29H39N3O5. The van der Waals surface area contributed by atoms with Crippen LogP contribution < -0.4 is 24.4 Å². The average Bonchev–Trinajstić information content (AvgIpc) is 2.93. The number of nitrogens with zero attached hydrogens (tertiary/aromatic N) is 2. The number of carboxylic acid groups (broad SMARTS) is 1. The average molecular weight is 510 g/mol. The van der Waals surface area contributed by atoms with Gasteiger partial charge >= 0.3 is 0 Å². The number of aliphatic carboxylic acids is 1. The molecule has 2 aromatic carbocycles. The first-order chi connectivity index (χ1) is 18.0. The molecule has 2 fully saturated rings. The highest BCUT2D eigenvalue weighted by Crippen LogP contribution is 2.30. The highest BCUT2D eigenvalue weighted by molar-refractivity contribution is 5.79. The normalized spacial score (nSPS) is 20.5. The standard InChI is InChI=1S/C29H39N3O5/c1-36-25-9-7-22(8-10-25)19-28(33)32-14-12-23(20-29(34)35)24(21-32)11-13-30-15-17-31(18-16-30)26-5-3-4-6-27(26)37-2/h3-10,23-24H,11-21H2,1-2H3,(H,34,35)/t23-,24-/m0/s1. The van der Waals surface area contributed by atoms with Crippen molar-refractivity contribution in [3.63, 3.8) is 0 Å². The number of benzene rings is 2. The minimum absolute atomic E-state index is 0.0595. The van der Waals surface area contributed by atoms with Gasteiger partial charge in [0.05, 0.1) is 59.1 Å². The maximum absolute atomic E-state index is 13.1. The number of carbonyl (C=O) groups excluding carboxylic acids is 2. The summed E-state index contributed by atoms with van der Waals surface area (Å²) in [6.07, 6.45) is 2.04. The van der Waals surface area contributed by atoms with Crippen LogP contribution in [0.5, 0.6) is 11.5 Å². The van der Waals surface area contributed by atoms with E-state index in [1.165, 1.54) is 4.90 Å². The van der Waals surface area contributed by atoms with Gasteiger partial charge in [-0.1, -0.05) is 24.3 Å². The van der Waals surface area contributed by atoms with Gasteiger partial charge in [-0.05, 0) is 54.5 Å². The Morgan fingerprint density at radius 3 is 2.38 bits per heavy atom. The molecular weight excluding hydrogens is 470 g/mol. The number of quaternary nitrogens is 1. The van der Waals surface area contributed by atoms with Gasteiger partial charge in [0.1, 0.15) is 11.5 Å². The molecule has 4 rings (SSSR count). The molecule has 2 atom stereocenters. The number of hydrogen-bond donors (Lipinski definition) is 1. The topological polar surface area (TPSA) is 86.6 Å². The maximum Gasteiger partial charge on any atom is 0.226 e. The van der Waals surface area contributed by atoms with E-state index < -0.39 is 5.97 Å². The lowest BCUT2D eigenvalue weighted by atomic mass is 9.81. The van der Waals surface area contributed by atoms with E-state index in [2.05, 4.69) is 11.0 Å². The number of anilines is 1. The monoisotopic (exact) mass is 509 g/mol. The summed E-state index contributed by atoms with van der Waals surface area (Å²) >= 11 is 0. The Hall–Kier alpha value is -3.26. The number of rotatable bonds is 10. The van der Waals surface area contributed by atoms with E-state index in [0.717, 1.165) is 61.9 Å². The molecule has 0 aliphatic carbocycles. The molecule has 8 nitrogen and oxygen atoms in total. The van der Waals surface area contributed by atoms with Crippen LogP contribution in [0.15, 0.2) is 48.5 Å². The van der Waals surface area contributed by atoms with E-state index in [1.807, 2.05) is 47.4 Å². The zero-order chi connectivity index (χ0) is 26.2. The molecule has 2 aliphatic heterocycles. The third-order valence-corrected chi connectivity index (χ3v) is 7.95. The van der Waals surface area contributed by atoms with Crippen molar-refractivity contribution in [1.29, 1.82) is 0 Å². The molecule has 1 N–H and O–H groups in total. The van der Waals surface area contributed by atoms with E-state index in [0.29, 0.717) is 25.9 Å². The summed E-state index contributed by atoms with van der Waals surface area (Å²) in [5.74, 6) is 1.00. The van der Waals surface area contributed by atoms with Crippen LogP contribution in [-0.4, -0.2) is 76.8 Å². The Morgan fingerprint density at radius 2 is 1.70 bits per heavy atom. The van der Waals surface area contributed by atoms with Crippen LogP contribution in [-0.2, 0) is 16.0 Å². The van der Waals surface area contributed by atoms with Crippen LogP contribution in [0.3, 0.4) is 0 Å². The van der Waals surface area contributed by atoms with E-state index >= 15 is 0 Å². The summed E-state index contributed by atoms with van der Waals surface area (Å²) < 4.78 is 10.7. The summed E-state index contributed by atoms with van der Waals surface area (Å²) in [4.78, 5) is 30.3. The minimum Gasteiger partial charge on any atom is -0.550 e. The fraction of sp³-hybridized carbons (Fsp3) is 0.517. The van der Waals surface area contributed by atoms with Crippen molar-refractivity contribution in [2.24, 2.45) is 11.8 Å². The number of piperazine rings is 1. The van der Waals surface area contributed by atoms with Crippen molar-refractivity contribution in [3.8, 4) is 11.5 Å². The van der Waals surface area contributed by atoms with Crippen LogP contribution in [0.4, 0.5) is 5.69 Å². The van der Waals surface area contributed by atoms with Crippen molar-refractivity contribution < 1.29 is 29.1 Å². The molecule has 0 saturated carbocycles. The number of amides is 1. The van der Waals surface area contributed by atoms with E-state index in [4.69, 9.17) is 9.47 Å². The van der Waals surface area contributed by atoms with Crippen LogP contribution in [0.25, 0.3) is 0 Å². The van der Waals surface area contributed by atoms with Crippen molar-refractivity contribution in [1.82, 2.24) is 4.90 Å². The predicted molar refractivity (Wildman–Crippen MR) is 140 cm³/mol. The van der Waals surface area contributed by atoms with Gasteiger partial charge in [-0.3, -0.25) is 4.79 Å². The third-order valence-electron chi connectivity index (χ3n) is 7.95. The predicted octanol–water partition coefficient (Wildman–Crippen LogP) is 0.646. The number of para-hydroxylation sites is 2. The lowest BCUT2D eigenvalue weighted by Gasteiger charge is -2.40. The highest BCUT2D eigenvalue weighted by Gasteiger charge is 2.33. The molecule has 2 aliphatic rings. The molecule has 1 amide bonds. The molecule has 200 valence electrons. The van der Waals surface area contributed by atoms with Crippen LogP contribution in [0.1, 0.15) is 24.8 Å². The Balaban J connectivity index is 1.31. The molecule has 0 radical (unpaired) electrons. The van der Waals surface area contributed by atoms with Gasteiger partial charge < -0.3 is 34.1 Å². The fourth-order valence-corrected chi connectivity index (χ4v) is 5.74. The van der Waals surface area contributed by atoms with Gasteiger partial charge in [0.2, 0.25) is 5.91 Å². The van der Waals surface area contributed by atoms with Crippen molar-refractivity contribution in [2.75, 3.05) is 64.9 Å². The van der Waals surface area contributed by atoms with Crippen molar-refractivity contribution >= 4 is 17.6 Å². The summed E-state index contributed by atoms with van der Waals surface area (Å²) in [5, 5.41) is 11.4. The second-order valence-electron chi connectivity index (χ2n) is 10.2. The van der Waals surface area contributed by atoms with Crippen LogP contribution >= 0.6 is 0 Å². The lowest BCUT2D eigenvalue weighted by Crippen LogP contribution is -3.15. The summed E-state index contributed by atoms with van der Waals surface area (Å²) in [6, 6.07) is 15.7. The number of hydrogen-bond acceptors (Lipinski definition) is 6. The van der Waals surface area contributed by atoms with Gasteiger partial charge in [0, 0.05) is 25.5 Å². The van der Waals surface area contributed by atoms with Gasteiger partial charge in [-0.25, -0.2) is 0 Å². The highest BCUT2D eigenvalue weighted by atomic mass is 16.5. The first kappa shape index (κ1) is 26.8. The number of likely N-dealkylation sites (tertiary alicyclic amines) is 1. The van der Waals surface area contributed by atoms with Gasteiger partial charge in [-0.15, -0.1) is 0 Å². The largest absolute Gasteiger partial charge is 0.550 e. The zero-order valence-corrected chi connectivity index (χ0v) is 22.0. The number of methoxy groups -OCH3 is 2. The smallest absolute Gasteiger partial charge is 0.226 e. The van der Waals surface area contributed by atoms with E-state index in [-0.39, 0.29) is 24.2 Å².